The molecule has 0 amide bonds. The molecule has 2 heterocycles. The second-order valence-electron chi connectivity index (χ2n) is 4.83. The molecule has 5 nitrogen and oxygen atoms in total. The van der Waals surface area contributed by atoms with Crippen molar-refractivity contribution in [1.29, 1.82) is 0 Å². The first kappa shape index (κ1) is 13.6. The molecule has 1 aromatic rings. The molecule has 5 heteroatoms. The Hall–Kier alpha value is -1.78. The number of aromatic nitrogens is 1. The lowest BCUT2D eigenvalue weighted by atomic mass is 10.2. The zero-order chi connectivity index (χ0) is 13.7. The fourth-order valence-electron chi connectivity index (χ4n) is 2.44. The fourth-order valence-corrected chi connectivity index (χ4v) is 2.44. The second-order valence-corrected chi connectivity index (χ2v) is 4.83. The van der Waals surface area contributed by atoms with Crippen molar-refractivity contribution in [2.75, 3.05) is 37.4 Å². The number of nitrogens with zero attached hydrogens (tertiary/aromatic N) is 3. The highest BCUT2D eigenvalue weighted by molar-refractivity contribution is 6.01. The highest BCUT2D eigenvalue weighted by atomic mass is 15.2. The quantitative estimate of drug-likeness (QED) is 0.643. The average molecular weight is 261 g/mol. The zero-order valence-corrected chi connectivity index (χ0v) is 11.8. The Kier molecular flexibility index (Phi) is 4.60. The van der Waals surface area contributed by atoms with Crippen molar-refractivity contribution < 1.29 is 0 Å². The van der Waals surface area contributed by atoms with Crippen LogP contribution < -0.4 is 16.0 Å². The summed E-state index contributed by atoms with van der Waals surface area (Å²) in [6.45, 7) is 2.18. The van der Waals surface area contributed by atoms with E-state index in [4.69, 9.17) is 5.73 Å². The van der Waals surface area contributed by atoms with Gasteiger partial charge in [0.15, 0.2) is 0 Å². The number of rotatable bonds is 3. The van der Waals surface area contributed by atoms with Crippen LogP contribution in [0.2, 0.25) is 0 Å². The highest BCUT2D eigenvalue weighted by Gasteiger charge is 2.14. The van der Waals surface area contributed by atoms with Crippen molar-refractivity contribution in [3.8, 4) is 0 Å². The Balaban J connectivity index is 2.27. The zero-order valence-electron chi connectivity index (χ0n) is 11.8. The minimum atomic E-state index is 0.513. The van der Waals surface area contributed by atoms with Gasteiger partial charge in [-0.05, 0) is 25.0 Å². The molecule has 0 spiro atoms. The molecule has 104 valence electrons. The molecule has 0 saturated carbocycles. The number of anilines is 2. The smallest absolute Gasteiger partial charge is 0.139 e. The average Bonchev–Trinajstić information content (AvgIpc) is 2.74. The maximum Gasteiger partial charge on any atom is 0.139 e. The van der Waals surface area contributed by atoms with Crippen LogP contribution in [0.1, 0.15) is 31.2 Å². The summed E-state index contributed by atoms with van der Waals surface area (Å²) in [5.74, 6) is 2.34. The number of nitrogens with one attached hydrogen (secondary N) is 1. The van der Waals surface area contributed by atoms with Gasteiger partial charge in [-0.25, -0.2) is 4.98 Å². The molecule has 0 radical (unpaired) electrons. The summed E-state index contributed by atoms with van der Waals surface area (Å²) in [6, 6.07) is 4.04. The van der Waals surface area contributed by atoms with Gasteiger partial charge in [-0.15, -0.1) is 0 Å². The summed E-state index contributed by atoms with van der Waals surface area (Å²) < 4.78 is 0. The van der Waals surface area contributed by atoms with E-state index in [1.165, 1.54) is 25.7 Å². The molecule has 1 aliphatic rings. The van der Waals surface area contributed by atoms with E-state index in [0.29, 0.717) is 5.84 Å². The molecule has 0 aromatic carbocycles. The van der Waals surface area contributed by atoms with Gasteiger partial charge in [-0.3, -0.25) is 4.99 Å². The third-order valence-electron chi connectivity index (χ3n) is 3.56. The van der Waals surface area contributed by atoms with E-state index in [9.17, 15) is 0 Å². The number of hydrogen-bond acceptors (Lipinski definition) is 4. The summed E-state index contributed by atoms with van der Waals surface area (Å²) in [4.78, 5) is 11.1. The van der Waals surface area contributed by atoms with Gasteiger partial charge in [0.05, 0.1) is 5.56 Å². The third kappa shape index (κ3) is 3.16. The summed E-state index contributed by atoms with van der Waals surface area (Å²) >= 11 is 0. The number of pyridine rings is 1. The summed E-state index contributed by atoms with van der Waals surface area (Å²) in [6.07, 6.45) is 5.14. The van der Waals surface area contributed by atoms with Crippen LogP contribution in [0.4, 0.5) is 11.6 Å². The van der Waals surface area contributed by atoms with E-state index >= 15 is 0 Å². The number of aliphatic imine (C=N–C) groups is 1. The molecule has 0 aliphatic carbocycles. The van der Waals surface area contributed by atoms with Crippen LogP contribution in [0, 0.1) is 0 Å². The summed E-state index contributed by atoms with van der Waals surface area (Å²) in [7, 11) is 3.55. The van der Waals surface area contributed by atoms with Gasteiger partial charge >= 0.3 is 0 Å². The van der Waals surface area contributed by atoms with Crippen LogP contribution in [-0.2, 0) is 0 Å². The number of nitrogens with two attached hydrogens (primary N) is 1. The van der Waals surface area contributed by atoms with Crippen molar-refractivity contribution in [1.82, 2.24) is 4.98 Å². The molecule has 1 aliphatic heterocycles. The molecule has 1 fully saturated rings. The monoisotopic (exact) mass is 261 g/mol. The Morgan fingerprint density at radius 3 is 2.53 bits per heavy atom. The Morgan fingerprint density at radius 1 is 1.26 bits per heavy atom. The summed E-state index contributed by atoms with van der Waals surface area (Å²) in [5, 5.41) is 3.11. The normalized spacial score (nSPS) is 17.2. The van der Waals surface area contributed by atoms with Crippen molar-refractivity contribution in [2.24, 2.45) is 10.7 Å². The molecule has 2 rings (SSSR count). The van der Waals surface area contributed by atoms with Gasteiger partial charge < -0.3 is 16.0 Å². The topological polar surface area (TPSA) is 66.5 Å². The standard InChI is InChI=1S/C14H23N5/c1-16-13(15)11-7-8-12(18-14(11)17-2)19-9-5-3-4-6-10-19/h7-8H,3-6,9-10H2,1-2H3,(H2,15,16)(H,17,18). The van der Waals surface area contributed by atoms with Crippen LogP contribution in [0.15, 0.2) is 17.1 Å². The molecule has 0 atom stereocenters. The second kappa shape index (κ2) is 6.41. The molecular weight excluding hydrogens is 238 g/mol. The minimum Gasteiger partial charge on any atom is -0.383 e. The van der Waals surface area contributed by atoms with Gasteiger partial charge in [0.2, 0.25) is 0 Å². The first-order valence-electron chi connectivity index (χ1n) is 6.92. The molecule has 0 bridgehead atoms. The Bertz CT molecular complexity index is 447. The van der Waals surface area contributed by atoms with E-state index in [1.54, 1.807) is 7.05 Å². The van der Waals surface area contributed by atoms with E-state index in [1.807, 2.05) is 19.2 Å². The third-order valence-corrected chi connectivity index (χ3v) is 3.56. The van der Waals surface area contributed by atoms with E-state index in [0.717, 1.165) is 30.3 Å². The molecule has 0 unspecified atom stereocenters. The van der Waals surface area contributed by atoms with Gasteiger partial charge in [0, 0.05) is 27.2 Å². The molecule has 1 aromatic heterocycles. The number of amidine groups is 1. The lowest BCUT2D eigenvalue weighted by molar-refractivity contribution is 0.726. The fraction of sp³-hybridized carbons (Fsp3) is 0.571. The minimum absolute atomic E-state index is 0.513. The Labute approximate surface area is 114 Å². The van der Waals surface area contributed by atoms with Crippen LogP contribution in [0.25, 0.3) is 0 Å². The molecule has 3 N–H and O–H groups in total. The highest BCUT2D eigenvalue weighted by Crippen LogP contribution is 2.21. The predicted octanol–water partition coefficient (Wildman–Crippen LogP) is 1.84. The molecule has 1 saturated heterocycles. The molecule has 19 heavy (non-hydrogen) atoms. The van der Waals surface area contributed by atoms with Gasteiger partial charge in [-0.1, -0.05) is 12.8 Å². The number of hydrogen-bond donors (Lipinski definition) is 2. The van der Waals surface area contributed by atoms with Crippen LogP contribution in [0.3, 0.4) is 0 Å². The maximum absolute atomic E-state index is 5.88. The van der Waals surface area contributed by atoms with Crippen molar-refractivity contribution in [2.45, 2.75) is 25.7 Å². The van der Waals surface area contributed by atoms with Gasteiger partial charge in [0.1, 0.15) is 17.5 Å². The predicted molar refractivity (Wildman–Crippen MR) is 81.1 cm³/mol. The van der Waals surface area contributed by atoms with Crippen molar-refractivity contribution in [3.63, 3.8) is 0 Å². The first-order chi connectivity index (χ1) is 9.26. The van der Waals surface area contributed by atoms with Gasteiger partial charge in [-0.2, -0.15) is 0 Å². The van der Waals surface area contributed by atoms with Crippen molar-refractivity contribution in [3.05, 3.63) is 17.7 Å². The van der Waals surface area contributed by atoms with E-state index in [2.05, 4.69) is 20.2 Å². The molecular formula is C14H23N5. The summed E-state index contributed by atoms with van der Waals surface area (Å²) in [5.41, 5.74) is 6.74. The Morgan fingerprint density at radius 2 is 1.95 bits per heavy atom. The largest absolute Gasteiger partial charge is 0.383 e. The van der Waals surface area contributed by atoms with Crippen molar-refractivity contribution >= 4 is 17.5 Å². The van der Waals surface area contributed by atoms with Gasteiger partial charge in [0.25, 0.3) is 0 Å². The lowest BCUT2D eigenvalue weighted by Gasteiger charge is -2.22. The van der Waals surface area contributed by atoms with Crippen LogP contribution >= 0.6 is 0 Å². The first-order valence-corrected chi connectivity index (χ1v) is 6.92. The van der Waals surface area contributed by atoms with Crippen LogP contribution in [-0.4, -0.2) is 38.0 Å². The maximum atomic E-state index is 5.88. The van der Waals surface area contributed by atoms with E-state index in [-0.39, 0.29) is 0 Å². The van der Waals surface area contributed by atoms with Crippen LogP contribution in [0.5, 0.6) is 0 Å². The lowest BCUT2D eigenvalue weighted by Crippen LogP contribution is -2.26. The van der Waals surface area contributed by atoms with E-state index < -0.39 is 0 Å². The SMILES string of the molecule is CN=C(N)c1ccc(N2CCCCCC2)nc1NC.